The van der Waals surface area contributed by atoms with E-state index in [4.69, 9.17) is 11.6 Å². The van der Waals surface area contributed by atoms with Gasteiger partial charge in [0.15, 0.2) is 18.2 Å². The maximum atomic E-state index is 14.2. The van der Waals surface area contributed by atoms with Crippen LogP contribution in [0.3, 0.4) is 0 Å². The summed E-state index contributed by atoms with van der Waals surface area (Å²) < 4.78 is 55.6. The molecule has 1 N–H and O–H groups in total. The fourth-order valence-corrected chi connectivity index (χ4v) is 3.19. The molecular formula is C18H18ClF4N5O2. The molecule has 1 aliphatic rings. The van der Waals surface area contributed by atoms with E-state index in [-0.39, 0.29) is 34.6 Å². The van der Waals surface area contributed by atoms with Crippen molar-refractivity contribution in [1.82, 2.24) is 15.0 Å². The van der Waals surface area contributed by atoms with Crippen LogP contribution in [0.4, 0.5) is 29.3 Å². The number of carbonyl (C=O) groups is 1. The zero-order valence-electron chi connectivity index (χ0n) is 16.0. The summed E-state index contributed by atoms with van der Waals surface area (Å²) in [6, 6.07) is 0.741. The summed E-state index contributed by atoms with van der Waals surface area (Å²) in [4.78, 5) is 25.2. The highest BCUT2D eigenvalue weighted by atomic mass is 35.5. The lowest BCUT2D eigenvalue weighted by molar-refractivity contribution is -0.154. The molecule has 0 unspecified atom stereocenters. The maximum Gasteiger partial charge on any atom is 0.422 e. The van der Waals surface area contributed by atoms with Crippen molar-refractivity contribution in [2.24, 2.45) is 0 Å². The standard InChI is InChI=1S/C18H18ClF4N5O2/c1-9-3-4-14(29)28(9)15-13(20)7-25-17(27-15)26-10(2)11-5-12(19)16(24-6-11)30-8-18(21,22)23/h5-7,9-10H,3-4,8H2,1-2H3,(H,25,26,27)/t9-,10-/m0/s1. The van der Waals surface area contributed by atoms with E-state index < -0.39 is 24.6 Å². The molecule has 0 saturated carbocycles. The van der Waals surface area contributed by atoms with Crippen molar-refractivity contribution in [3.05, 3.63) is 34.9 Å². The first-order valence-electron chi connectivity index (χ1n) is 9.01. The third-order valence-corrected chi connectivity index (χ3v) is 4.76. The van der Waals surface area contributed by atoms with Gasteiger partial charge < -0.3 is 10.1 Å². The molecule has 12 heteroatoms. The minimum atomic E-state index is -4.51. The number of nitrogens with zero attached hydrogens (tertiary/aromatic N) is 4. The van der Waals surface area contributed by atoms with E-state index in [1.807, 2.05) is 0 Å². The Bertz CT molecular complexity index is 943. The molecule has 1 amide bonds. The van der Waals surface area contributed by atoms with Crippen LogP contribution >= 0.6 is 11.6 Å². The molecule has 3 heterocycles. The molecule has 30 heavy (non-hydrogen) atoms. The van der Waals surface area contributed by atoms with Gasteiger partial charge in [0.05, 0.1) is 12.2 Å². The van der Waals surface area contributed by atoms with Crippen molar-refractivity contribution < 1.29 is 27.1 Å². The Morgan fingerprint density at radius 2 is 2.10 bits per heavy atom. The summed E-state index contributed by atoms with van der Waals surface area (Å²) in [5.41, 5.74) is 0.513. The molecule has 2 atom stereocenters. The fourth-order valence-electron chi connectivity index (χ4n) is 2.96. The molecule has 0 spiro atoms. The highest BCUT2D eigenvalue weighted by Crippen LogP contribution is 2.30. The average Bonchev–Trinajstić information content (AvgIpc) is 3.00. The molecule has 1 saturated heterocycles. The van der Waals surface area contributed by atoms with Crippen LogP contribution in [-0.2, 0) is 4.79 Å². The Morgan fingerprint density at radius 3 is 2.70 bits per heavy atom. The fraction of sp³-hybridized carbons (Fsp3) is 0.444. The van der Waals surface area contributed by atoms with Gasteiger partial charge in [0.1, 0.15) is 5.02 Å². The van der Waals surface area contributed by atoms with E-state index in [2.05, 4.69) is 25.0 Å². The number of amides is 1. The van der Waals surface area contributed by atoms with Crippen LogP contribution in [0.1, 0.15) is 38.3 Å². The number of aromatic nitrogens is 3. The number of hydrogen-bond acceptors (Lipinski definition) is 6. The van der Waals surface area contributed by atoms with Crippen molar-refractivity contribution in [1.29, 1.82) is 0 Å². The topological polar surface area (TPSA) is 80.2 Å². The van der Waals surface area contributed by atoms with Gasteiger partial charge in [-0.1, -0.05) is 11.6 Å². The van der Waals surface area contributed by atoms with Crippen molar-refractivity contribution in [2.75, 3.05) is 16.8 Å². The molecule has 3 rings (SSSR count). The van der Waals surface area contributed by atoms with Gasteiger partial charge in [-0.25, -0.2) is 14.4 Å². The second-order valence-corrected chi connectivity index (χ2v) is 7.25. The number of nitrogens with one attached hydrogen (secondary N) is 1. The van der Waals surface area contributed by atoms with Gasteiger partial charge in [-0.15, -0.1) is 0 Å². The number of pyridine rings is 1. The first-order chi connectivity index (χ1) is 14.0. The third-order valence-electron chi connectivity index (χ3n) is 4.49. The first kappa shape index (κ1) is 22.0. The molecular weight excluding hydrogens is 430 g/mol. The molecule has 0 bridgehead atoms. The van der Waals surface area contributed by atoms with Crippen LogP contribution in [-0.4, -0.2) is 39.7 Å². The first-order valence-corrected chi connectivity index (χ1v) is 9.39. The van der Waals surface area contributed by atoms with E-state index in [9.17, 15) is 22.4 Å². The van der Waals surface area contributed by atoms with E-state index >= 15 is 0 Å². The number of hydrogen-bond donors (Lipinski definition) is 1. The minimum Gasteiger partial charge on any atom is -0.467 e. The van der Waals surface area contributed by atoms with Crippen LogP contribution in [0.25, 0.3) is 0 Å². The van der Waals surface area contributed by atoms with Gasteiger partial charge in [-0.2, -0.15) is 18.2 Å². The summed E-state index contributed by atoms with van der Waals surface area (Å²) in [5.74, 6) is -1.32. The minimum absolute atomic E-state index is 0.0688. The van der Waals surface area contributed by atoms with Crippen LogP contribution in [0, 0.1) is 5.82 Å². The van der Waals surface area contributed by atoms with Gasteiger partial charge in [-0.3, -0.25) is 9.69 Å². The quantitative estimate of drug-likeness (QED) is 0.665. The highest BCUT2D eigenvalue weighted by molar-refractivity contribution is 6.31. The molecule has 1 aliphatic heterocycles. The lowest BCUT2D eigenvalue weighted by Crippen LogP contribution is -2.32. The van der Waals surface area contributed by atoms with Crippen LogP contribution in [0.5, 0.6) is 5.88 Å². The van der Waals surface area contributed by atoms with E-state index in [1.165, 1.54) is 17.2 Å². The second kappa shape index (κ2) is 8.58. The van der Waals surface area contributed by atoms with Crippen molar-refractivity contribution in [3.63, 3.8) is 0 Å². The highest BCUT2D eigenvalue weighted by Gasteiger charge is 2.32. The Morgan fingerprint density at radius 1 is 1.37 bits per heavy atom. The van der Waals surface area contributed by atoms with Crippen molar-refractivity contribution in [2.45, 2.75) is 44.9 Å². The van der Waals surface area contributed by atoms with E-state index in [1.54, 1.807) is 13.8 Å². The lowest BCUT2D eigenvalue weighted by Gasteiger charge is -2.22. The zero-order chi connectivity index (χ0) is 22.1. The molecule has 0 radical (unpaired) electrons. The summed E-state index contributed by atoms with van der Waals surface area (Å²) in [7, 11) is 0. The SMILES string of the molecule is C[C@H](Nc1ncc(F)c(N2C(=O)CC[C@@H]2C)n1)c1cnc(OCC(F)(F)F)c(Cl)c1. The number of anilines is 2. The monoisotopic (exact) mass is 447 g/mol. The van der Waals surface area contributed by atoms with Crippen LogP contribution < -0.4 is 15.0 Å². The number of alkyl halides is 3. The van der Waals surface area contributed by atoms with Gasteiger partial charge in [0.2, 0.25) is 17.7 Å². The summed E-state index contributed by atoms with van der Waals surface area (Å²) in [6.45, 7) is 2.00. The predicted octanol–water partition coefficient (Wildman–Crippen LogP) is 4.29. The zero-order valence-corrected chi connectivity index (χ0v) is 16.8. The largest absolute Gasteiger partial charge is 0.467 e. The third kappa shape index (κ3) is 5.07. The molecule has 2 aromatic rings. The number of ether oxygens (including phenoxy) is 1. The van der Waals surface area contributed by atoms with Crippen LogP contribution in [0.15, 0.2) is 18.5 Å². The van der Waals surface area contributed by atoms with E-state index in [0.717, 1.165) is 6.20 Å². The Balaban J connectivity index is 1.74. The Labute approximate surface area is 174 Å². The van der Waals surface area contributed by atoms with Crippen molar-refractivity contribution in [3.8, 4) is 5.88 Å². The predicted molar refractivity (Wildman–Crippen MR) is 101 cm³/mol. The van der Waals surface area contributed by atoms with Crippen molar-refractivity contribution >= 4 is 29.3 Å². The maximum absolute atomic E-state index is 14.2. The smallest absolute Gasteiger partial charge is 0.422 e. The van der Waals surface area contributed by atoms with Gasteiger partial charge in [0, 0.05) is 18.7 Å². The van der Waals surface area contributed by atoms with E-state index in [0.29, 0.717) is 18.4 Å². The summed E-state index contributed by atoms with van der Waals surface area (Å²) in [6.07, 6.45) is -1.32. The molecule has 2 aromatic heterocycles. The summed E-state index contributed by atoms with van der Waals surface area (Å²) in [5, 5.41) is 2.84. The molecule has 0 aliphatic carbocycles. The lowest BCUT2D eigenvalue weighted by atomic mass is 10.1. The molecule has 162 valence electrons. The number of rotatable bonds is 6. The van der Waals surface area contributed by atoms with Gasteiger partial charge >= 0.3 is 6.18 Å². The normalized spacial score (nSPS) is 17.9. The van der Waals surface area contributed by atoms with Gasteiger partial charge in [-0.05, 0) is 31.9 Å². The Kier molecular flexibility index (Phi) is 6.30. The number of halogens is 5. The average molecular weight is 448 g/mol. The number of carbonyl (C=O) groups excluding carboxylic acids is 1. The molecule has 0 aromatic carbocycles. The Hall–Kier alpha value is -2.69. The molecule has 7 nitrogen and oxygen atoms in total. The molecule has 1 fully saturated rings. The van der Waals surface area contributed by atoms with Gasteiger partial charge in [0.25, 0.3) is 0 Å². The van der Waals surface area contributed by atoms with Crippen LogP contribution in [0.2, 0.25) is 5.02 Å². The summed E-state index contributed by atoms with van der Waals surface area (Å²) >= 11 is 5.96. The second-order valence-electron chi connectivity index (χ2n) is 6.84.